The topological polar surface area (TPSA) is 18.5 Å². The first-order valence-electron chi connectivity index (χ1n) is 10.4. The molecule has 150 valence electrons. The predicted octanol–water partition coefficient (Wildman–Crippen LogP) is 6.57. The van der Waals surface area contributed by atoms with Gasteiger partial charge in [-0.05, 0) is 62.7 Å². The summed E-state index contributed by atoms with van der Waals surface area (Å²) in [5.74, 6) is 1.32. The van der Waals surface area contributed by atoms with E-state index < -0.39 is 8.32 Å². The van der Waals surface area contributed by atoms with E-state index in [-0.39, 0.29) is 5.41 Å². The maximum absolute atomic E-state index is 6.67. The Kier molecular flexibility index (Phi) is 10.1. The molecule has 0 N–H and O–H groups in total. The summed E-state index contributed by atoms with van der Waals surface area (Å²) >= 11 is 0. The number of benzene rings is 1. The fourth-order valence-electron chi connectivity index (χ4n) is 3.92. The van der Waals surface area contributed by atoms with Gasteiger partial charge in [0.2, 0.25) is 0 Å². The van der Waals surface area contributed by atoms with Gasteiger partial charge in [0, 0.05) is 18.6 Å². The molecule has 0 spiro atoms. The van der Waals surface area contributed by atoms with E-state index >= 15 is 0 Å². The summed E-state index contributed by atoms with van der Waals surface area (Å²) in [7, 11) is -1.69. The zero-order valence-corrected chi connectivity index (χ0v) is 19.3. The summed E-state index contributed by atoms with van der Waals surface area (Å²) in [5, 5.41) is 0. The Morgan fingerprint density at radius 1 is 0.923 bits per heavy atom. The summed E-state index contributed by atoms with van der Waals surface area (Å²) < 4.78 is 12.6. The highest BCUT2D eigenvalue weighted by Gasteiger charge is 2.35. The maximum Gasteiger partial charge on any atom is 0.187 e. The van der Waals surface area contributed by atoms with Crippen LogP contribution in [0.15, 0.2) is 30.3 Å². The fraction of sp³-hybridized carbons (Fsp3) is 0.739. The van der Waals surface area contributed by atoms with E-state index in [4.69, 9.17) is 9.16 Å². The van der Waals surface area contributed by atoms with Crippen molar-refractivity contribution in [1.29, 1.82) is 0 Å². The second kappa shape index (κ2) is 11.3. The van der Waals surface area contributed by atoms with E-state index in [9.17, 15) is 0 Å². The molecular formula is C23H42O2Si. The van der Waals surface area contributed by atoms with Crippen LogP contribution in [-0.4, -0.2) is 28.1 Å². The Morgan fingerprint density at radius 2 is 1.50 bits per heavy atom. The molecule has 0 aromatic heterocycles. The first kappa shape index (κ1) is 23.4. The van der Waals surface area contributed by atoms with E-state index in [1.165, 1.54) is 24.4 Å². The lowest BCUT2D eigenvalue weighted by Gasteiger charge is -2.39. The molecule has 1 aromatic carbocycles. The maximum atomic E-state index is 6.67. The second-order valence-electron chi connectivity index (χ2n) is 9.37. The van der Waals surface area contributed by atoms with Crippen molar-refractivity contribution in [3.05, 3.63) is 35.9 Å². The lowest BCUT2D eigenvalue weighted by atomic mass is 9.75. The minimum Gasteiger partial charge on any atom is -0.417 e. The van der Waals surface area contributed by atoms with Gasteiger partial charge in [0.05, 0.1) is 6.61 Å². The molecule has 0 saturated carbocycles. The van der Waals surface area contributed by atoms with Gasteiger partial charge in [0.1, 0.15) is 0 Å². The largest absolute Gasteiger partial charge is 0.417 e. The number of hydrogen-bond donors (Lipinski definition) is 0. The van der Waals surface area contributed by atoms with Gasteiger partial charge in [-0.3, -0.25) is 0 Å². The van der Waals surface area contributed by atoms with Crippen molar-refractivity contribution in [1.82, 2.24) is 0 Å². The summed E-state index contributed by atoms with van der Waals surface area (Å²) in [6.45, 7) is 18.6. The van der Waals surface area contributed by atoms with Crippen LogP contribution < -0.4 is 0 Å². The van der Waals surface area contributed by atoms with Gasteiger partial charge in [-0.25, -0.2) is 0 Å². The van der Waals surface area contributed by atoms with Crippen LogP contribution in [0.1, 0.15) is 53.0 Å². The van der Waals surface area contributed by atoms with Crippen molar-refractivity contribution in [3.63, 3.8) is 0 Å². The molecular weight excluding hydrogens is 336 g/mol. The van der Waals surface area contributed by atoms with Crippen LogP contribution in [0.3, 0.4) is 0 Å². The molecule has 3 heteroatoms. The highest BCUT2D eigenvalue weighted by atomic mass is 28.4. The van der Waals surface area contributed by atoms with Gasteiger partial charge >= 0.3 is 0 Å². The zero-order chi connectivity index (χ0) is 19.6. The molecule has 0 amide bonds. The third-order valence-electron chi connectivity index (χ3n) is 4.92. The Bertz CT molecular complexity index is 472. The predicted molar refractivity (Wildman–Crippen MR) is 116 cm³/mol. The molecule has 0 radical (unpaired) electrons. The van der Waals surface area contributed by atoms with Gasteiger partial charge in [-0.15, -0.1) is 0 Å². The van der Waals surface area contributed by atoms with Crippen molar-refractivity contribution >= 4 is 8.32 Å². The molecule has 0 saturated heterocycles. The van der Waals surface area contributed by atoms with Crippen LogP contribution in [-0.2, 0) is 15.6 Å². The van der Waals surface area contributed by atoms with Crippen molar-refractivity contribution < 1.29 is 9.16 Å². The number of ether oxygens (including phenoxy) is 1. The van der Waals surface area contributed by atoms with Crippen LogP contribution in [0.5, 0.6) is 0 Å². The van der Waals surface area contributed by atoms with Gasteiger partial charge in [0.25, 0.3) is 0 Å². The zero-order valence-electron chi connectivity index (χ0n) is 18.3. The fourth-order valence-corrected chi connectivity index (χ4v) is 5.65. The molecule has 0 atom stereocenters. The van der Waals surface area contributed by atoms with Gasteiger partial charge in [-0.1, -0.05) is 58.0 Å². The molecule has 0 bridgehead atoms. The van der Waals surface area contributed by atoms with Crippen LogP contribution in [0.4, 0.5) is 0 Å². The Hall–Kier alpha value is -0.643. The molecule has 0 unspecified atom stereocenters. The number of hydrogen-bond acceptors (Lipinski definition) is 2. The SMILES string of the molecule is CCOCC(CO[Si](C)(C)CCc1ccccc1)(CC(C)C)CC(C)C. The average molecular weight is 379 g/mol. The molecule has 1 rings (SSSR count). The monoisotopic (exact) mass is 378 g/mol. The van der Waals surface area contributed by atoms with E-state index in [0.29, 0.717) is 11.8 Å². The summed E-state index contributed by atoms with van der Waals surface area (Å²) in [6.07, 6.45) is 3.47. The average Bonchev–Trinajstić information content (AvgIpc) is 2.56. The third kappa shape index (κ3) is 9.34. The minimum atomic E-state index is -1.69. The normalized spacial score (nSPS) is 13.0. The molecule has 1 aromatic rings. The highest BCUT2D eigenvalue weighted by molar-refractivity contribution is 6.71. The quantitative estimate of drug-likeness (QED) is 0.362. The second-order valence-corrected chi connectivity index (χ2v) is 13.7. The van der Waals surface area contributed by atoms with E-state index in [1.807, 2.05) is 0 Å². The first-order valence-corrected chi connectivity index (χ1v) is 13.6. The molecule has 2 nitrogen and oxygen atoms in total. The molecule has 0 aliphatic carbocycles. The van der Waals surface area contributed by atoms with E-state index in [2.05, 4.69) is 78.0 Å². The lowest BCUT2D eigenvalue weighted by molar-refractivity contribution is -0.0103. The molecule has 0 fully saturated rings. The highest BCUT2D eigenvalue weighted by Crippen LogP contribution is 2.36. The smallest absolute Gasteiger partial charge is 0.187 e. The number of aryl methyl sites for hydroxylation is 1. The van der Waals surface area contributed by atoms with E-state index in [0.717, 1.165) is 26.2 Å². The third-order valence-corrected chi connectivity index (χ3v) is 7.30. The Balaban J connectivity index is 2.74. The van der Waals surface area contributed by atoms with E-state index in [1.54, 1.807) is 0 Å². The number of rotatable bonds is 13. The minimum absolute atomic E-state index is 0.148. The van der Waals surface area contributed by atoms with Crippen LogP contribution >= 0.6 is 0 Å². The van der Waals surface area contributed by atoms with Crippen molar-refractivity contribution in [2.45, 2.75) is 73.0 Å². The Morgan fingerprint density at radius 3 is 2.00 bits per heavy atom. The lowest BCUT2D eigenvalue weighted by Crippen LogP contribution is -2.41. The van der Waals surface area contributed by atoms with Gasteiger partial charge < -0.3 is 9.16 Å². The summed E-state index contributed by atoms with van der Waals surface area (Å²) in [5.41, 5.74) is 1.57. The van der Waals surface area contributed by atoms with Gasteiger partial charge in [-0.2, -0.15) is 0 Å². The molecule has 26 heavy (non-hydrogen) atoms. The van der Waals surface area contributed by atoms with Gasteiger partial charge in [0.15, 0.2) is 8.32 Å². The molecule has 0 aliphatic rings. The molecule has 0 aliphatic heterocycles. The van der Waals surface area contributed by atoms with Crippen LogP contribution in [0, 0.1) is 17.3 Å². The molecule has 0 heterocycles. The van der Waals surface area contributed by atoms with Crippen LogP contribution in [0.25, 0.3) is 0 Å². The standard InChI is InChI=1S/C23H42O2Si/c1-8-24-18-23(16-20(2)3,17-21(4)5)19-25-26(6,7)15-14-22-12-10-9-11-13-22/h9-13,20-21H,8,14-19H2,1-7H3. The summed E-state index contributed by atoms with van der Waals surface area (Å²) in [4.78, 5) is 0. The van der Waals surface area contributed by atoms with Crippen molar-refractivity contribution in [2.75, 3.05) is 19.8 Å². The Labute approximate surface area is 163 Å². The van der Waals surface area contributed by atoms with Crippen molar-refractivity contribution in [2.24, 2.45) is 17.3 Å². The first-order chi connectivity index (χ1) is 12.2. The summed E-state index contributed by atoms with van der Waals surface area (Å²) in [6, 6.07) is 12.0. The van der Waals surface area contributed by atoms with Crippen LogP contribution in [0.2, 0.25) is 19.1 Å². The van der Waals surface area contributed by atoms with Crippen molar-refractivity contribution in [3.8, 4) is 0 Å².